The third-order valence-electron chi connectivity index (χ3n) is 3.51. The molecule has 0 saturated heterocycles. The first-order valence-corrected chi connectivity index (χ1v) is 6.98. The van der Waals surface area contributed by atoms with Gasteiger partial charge < -0.3 is 5.32 Å². The quantitative estimate of drug-likeness (QED) is 0.915. The predicted octanol–water partition coefficient (Wildman–Crippen LogP) is 3.20. The van der Waals surface area contributed by atoms with Gasteiger partial charge in [-0.25, -0.2) is 9.37 Å². The fourth-order valence-electron chi connectivity index (χ4n) is 2.26. The summed E-state index contributed by atoms with van der Waals surface area (Å²) in [5, 5.41) is 6.36. The zero-order valence-electron chi connectivity index (χ0n) is 10.2. The molecule has 1 N–H and O–H groups in total. The largest absolute Gasteiger partial charge is 0.319 e. The fraction of sp³-hybridized carbons (Fsp3) is 0.357. The van der Waals surface area contributed by atoms with Crippen LogP contribution in [0.15, 0.2) is 29.6 Å². The molecule has 94 valence electrons. The van der Waals surface area contributed by atoms with Gasteiger partial charge in [0.15, 0.2) is 0 Å². The molecule has 0 unspecified atom stereocenters. The maximum atomic E-state index is 12.9. The van der Waals surface area contributed by atoms with E-state index in [2.05, 4.69) is 10.7 Å². The van der Waals surface area contributed by atoms with Gasteiger partial charge in [-0.2, -0.15) is 0 Å². The van der Waals surface area contributed by atoms with E-state index in [4.69, 9.17) is 4.98 Å². The lowest BCUT2D eigenvalue weighted by atomic mass is 10.0. The van der Waals surface area contributed by atoms with Crippen molar-refractivity contribution in [3.8, 4) is 10.6 Å². The van der Waals surface area contributed by atoms with Gasteiger partial charge in [-0.1, -0.05) is 0 Å². The Kier molecular flexibility index (Phi) is 2.92. The van der Waals surface area contributed by atoms with Gasteiger partial charge in [0.05, 0.1) is 5.69 Å². The molecule has 0 spiro atoms. The monoisotopic (exact) mass is 262 g/mol. The van der Waals surface area contributed by atoms with Crippen molar-refractivity contribution in [2.45, 2.75) is 18.3 Å². The van der Waals surface area contributed by atoms with Crippen molar-refractivity contribution in [3.63, 3.8) is 0 Å². The first kappa shape index (κ1) is 11.8. The molecular formula is C14H15FN2S. The zero-order chi connectivity index (χ0) is 12.6. The minimum absolute atomic E-state index is 0.204. The van der Waals surface area contributed by atoms with Crippen LogP contribution in [0.3, 0.4) is 0 Å². The number of rotatable bonds is 4. The average molecular weight is 262 g/mol. The topological polar surface area (TPSA) is 24.9 Å². The van der Waals surface area contributed by atoms with Gasteiger partial charge in [0.2, 0.25) is 0 Å². The van der Waals surface area contributed by atoms with E-state index in [1.54, 1.807) is 23.5 Å². The Morgan fingerprint density at radius 1 is 1.33 bits per heavy atom. The molecule has 0 amide bonds. The number of nitrogens with one attached hydrogen (secondary N) is 1. The van der Waals surface area contributed by atoms with Crippen molar-refractivity contribution >= 4 is 11.3 Å². The molecule has 1 aromatic heterocycles. The van der Waals surface area contributed by atoms with Crippen LogP contribution >= 0.6 is 11.3 Å². The smallest absolute Gasteiger partial charge is 0.123 e. The Balaban J connectivity index is 1.88. The fourth-order valence-corrected chi connectivity index (χ4v) is 3.20. The highest BCUT2D eigenvalue weighted by Crippen LogP contribution is 2.48. The predicted molar refractivity (Wildman–Crippen MR) is 72.3 cm³/mol. The van der Waals surface area contributed by atoms with Crippen molar-refractivity contribution in [3.05, 3.63) is 41.2 Å². The van der Waals surface area contributed by atoms with Crippen molar-refractivity contribution in [2.24, 2.45) is 0 Å². The number of thiazole rings is 1. The van der Waals surface area contributed by atoms with Crippen LogP contribution in [0.2, 0.25) is 0 Å². The molecular weight excluding hydrogens is 247 g/mol. The van der Waals surface area contributed by atoms with Crippen LogP contribution in [0.25, 0.3) is 10.6 Å². The summed E-state index contributed by atoms with van der Waals surface area (Å²) in [5.74, 6) is -0.204. The van der Waals surface area contributed by atoms with Gasteiger partial charge in [-0.15, -0.1) is 11.3 Å². The van der Waals surface area contributed by atoms with E-state index in [1.165, 1.54) is 30.7 Å². The second-order valence-corrected chi connectivity index (χ2v) is 5.71. The van der Waals surface area contributed by atoms with E-state index in [0.717, 1.165) is 17.1 Å². The van der Waals surface area contributed by atoms with Crippen LogP contribution in [-0.4, -0.2) is 18.6 Å². The molecule has 2 aromatic rings. The number of hydrogen-bond acceptors (Lipinski definition) is 3. The van der Waals surface area contributed by atoms with Crippen LogP contribution in [0, 0.1) is 5.82 Å². The van der Waals surface area contributed by atoms with E-state index >= 15 is 0 Å². The minimum Gasteiger partial charge on any atom is -0.319 e. The number of hydrogen-bond donors (Lipinski definition) is 1. The van der Waals surface area contributed by atoms with Crippen molar-refractivity contribution in [1.82, 2.24) is 10.3 Å². The van der Waals surface area contributed by atoms with Crippen molar-refractivity contribution < 1.29 is 4.39 Å². The molecule has 1 aromatic carbocycles. The van der Waals surface area contributed by atoms with Crippen molar-refractivity contribution in [1.29, 1.82) is 0 Å². The molecule has 1 heterocycles. The lowest BCUT2D eigenvalue weighted by Gasteiger charge is -2.10. The summed E-state index contributed by atoms with van der Waals surface area (Å²) in [7, 11) is 1.98. The maximum Gasteiger partial charge on any atom is 0.123 e. The zero-order valence-corrected chi connectivity index (χ0v) is 11.1. The summed E-state index contributed by atoms with van der Waals surface area (Å²) in [6.45, 7) is 0.986. The molecule has 18 heavy (non-hydrogen) atoms. The van der Waals surface area contributed by atoms with Crippen molar-refractivity contribution in [2.75, 3.05) is 13.6 Å². The van der Waals surface area contributed by atoms with Gasteiger partial charge in [-0.3, -0.25) is 0 Å². The summed E-state index contributed by atoms with van der Waals surface area (Å²) in [6, 6.07) is 6.54. The molecule has 1 fully saturated rings. The highest BCUT2D eigenvalue weighted by atomic mass is 32.1. The van der Waals surface area contributed by atoms with Gasteiger partial charge in [0, 0.05) is 22.9 Å². The summed E-state index contributed by atoms with van der Waals surface area (Å²) >= 11 is 1.64. The first-order valence-electron chi connectivity index (χ1n) is 6.10. The summed E-state index contributed by atoms with van der Waals surface area (Å²) in [4.78, 5) is 4.72. The van der Waals surface area contributed by atoms with Gasteiger partial charge in [0.25, 0.3) is 0 Å². The van der Waals surface area contributed by atoms with Crippen LogP contribution in [0.5, 0.6) is 0 Å². The van der Waals surface area contributed by atoms with Crippen LogP contribution < -0.4 is 5.32 Å². The normalized spacial score (nSPS) is 16.8. The summed E-state index contributed by atoms with van der Waals surface area (Å²) < 4.78 is 12.9. The Morgan fingerprint density at radius 3 is 2.67 bits per heavy atom. The molecule has 0 radical (unpaired) electrons. The molecule has 1 saturated carbocycles. The Morgan fingerprint density at radius 2 is 2.06 bits per heavy atom. The second-order valence-electron chi connectivity index (χ2n) is 4.86. The highest BCUT2D eigenvalue weighted by molar-refractivity contribution is 7.13. The lowest BCUT2D eigenvalue weighted by Crippen LogP contribution is -2.23. The molecule has 1 aliphatic rings. The van der Waals surface area contributed by atoms with Gasteiger partial charge in [0.1, 0.15) is 10.8 Å². The number of nitrogens with zero attached hydrogens (tertiary/aromatic N) is 1. The van der Waals surface area contributed by atoms with Crippen LogP contribution in [0.4, 0.5) is 4.39 Å². The molecule has 4 heteroatoms. The number of benzene rings is 1. The molecule has 0 aliphatic heterocycles. The Hall–Kier alpha value is -1.26. The molecule has 1 aliphatic carbocycles. The lowest BCUT2D eigenvalue weighted by molar-refractivity contribution is 0.611. The van der Waals surface area contributed by atoms with E-state index in [-0.39, 0.29) is 11.2 Å². The number of likely N-dealkylation sites (N-methyl/N-ethyl adjacent to an activating group) is 1. The Bertz CT molecular complexity index is 543. The van der Waals surface area contributed by atoms with Gasteiger partial charge in [-0.05, 0) is 44.2 Å². The van der Waals surface area contributed by atoms with Gasteiger partial charge >= 0.3 is 0 Å². The average Bonchev–Trinajstić information content (AvgIpc) is 2.99. The molecule has 0 bridgehead atoms. The third kappa shape index (κ3) is 2.06. The van der Waals surface area contributed by atoms with Crippen LogP contribution in [-0.2, 0) is 5.41 Å². The second kappa shape index (κ2) is 4.44. The van der Waals surface area contributed by atoms with E-state index < -0.39 is 0 Å². The van der Waals surface area contributed by atoms with E-state index in [1.807, 2.05) is 7.05 Å². The van der Waals surface area contributed by atoms with Crippen LogP contribution in [0.1, 0.15) is 18.5 Å². The number of halogens is 1. The summed E-state index contributed by atoms with van der Waals surface area (Å²) in [6.07, 6.45) is 2.42. The SMILES string of the molecule is CNCC1(c2csc(-c3ccc(F)cc3)n2)CC1. The highest BCUT2D eigenvalue weighted by Gasteiger charge is 2.45. The minimum atomic E-state index is -0.204. The van der Waals surface area contributed by atoms with E-state index in [0.29, 0.717) is 0 Å². The Labute approximate surface area is 110 Å². The molecule has 3 rings (SSSR count). The molecule has 0 atom stereocenters. The first-order chi connectivity index (χ1) is 8.73. The van der Waals surface area contributed by atoms with E-state index in [9.17, 15) is 4.39 Å². The number of aromatic nitrogens is 1. The third-order valence-corrected chi connectivity index (χ3v) is 4.40. The standard InChI is InChI=1S/C14H15FN2S/c1-16-9-14(6-7-14)12-8-18-13(17-12)10-2-4-11(15)5-3-10/h2-5,8,16H,6-7,9H2,1H3. The molecule has 2 nitrogen and oxygen atoms in total. The summed E-state index contributed by atoms with van der Waals surface area (Å²) in [5.41, 5.74) is 2.43. The maximum absolute atomic E-state index is 12.9.